The van der Waals surface area contributed by atoms with Crippen LogP contribution in [-0.4, -0.2) is 9.55 Å². The van der Waals surface area contributed by atoms with E-state index in [9.17, 15) is 4.39 Å². The molecule has 104 valence electrons. The summed E-state index contributed by atoms with van der Waals surface area (Å²) in [5, 5.41) is 9.07. The highest BCUT2D eigenvalue weighted by molar-refractivity contribution is 5.80. The van der Waals surface area contributed by atoms with Gasteiger partial charge in [0.1, 0.15) is 11.6 Å². The lowest BCUT2D eigenvalue weighted by Gasteiger charge is -2.10. The molecule has 0 aliphatic rings. The van der Waals surface area contributed by atoms with Gasteiger partial charge in [-0.3, -0.25) is 0 Å². The minimum absolute atomic E-state index is 0.123. The maximum Gasteiger partial charge on any atom is 0.141 e. The fourth-order valence-corrected chi connectivity index (χ4v) is 2.39. The molecule has 2 aromatic carbocycles. The lowest BCUT2D eigenvalue weighted by Crippen LogP contribution is -2.07. The second-order valence-corrected chi connectivity index (χ2v) is 5.07. The number of imidazole rings is 1. The summed E-state index contributed by atoms with van der Waals surface area (Å²) in [7, 11) is 0. The maximum atomic E-state index is 13.1. The highest BCUT2D eigenvalue weighted by atomic mass is 19.1. The zero-order valence-corrected chi connectivity index (χ0v) is 11.6. The molecule has 0 spiro atoms. The SMILES string of the molecule is CC(C#N)Cn1c(-c2ccc(F)cc2)nc2ccccc21. The molecular formula is C17H14FN3. The molecule has 0 saturated heterocycles. The summed E-state index contributed by atoms with van der Waals surface area (Å²) in [5.74, 6) is 0.368. The first-order valence-electron chi connectivity index (χ1n) is 6.80. The van der Waals surface area contributed by atoms with Crippen molar-refractivity contribution in [2.24, 2.45) is 5.92 Å². The van der Waals surface area contributed by atoms with Crippen LogP contribution in [0.15, 0.2) is 48.5 Å². The minimum Gasteiger partial charge on any atom is -0.323 e. The van der Waals surface area contributed by atoms with Gasteiger partial charge in [0.05, 0.1) is 23.0 Å². The van der Waals surface area contributed by atoms with Crippen molar-refractivity contribution in [3.8, 4) is 17.5 Å². The van der Waals surface area contributed by atoms with Gasteiger partial charge >= 0.3 is 0 Å². The number of halogens is 1. The van der Waals surface area contributed by atoms with Crippen LogP contribution >= 0.6 is 0 Å². The number of rotatable bonds is 3. The fraction of sp³-hybridized carbons (Fsp3) is 0.176. The van der Waals surface area contributed by atoms with Gasteiger partial charge in [-0.2, -0.15) is 5.26 Å². The Hall–Kier alpha value is -2.67. The highest BCUT2D eigenvalue weighted by Gasteiger charge is 2.14. The van der Waals surface area contributed by atoms with Gasteiger partial charge in [0.2, 0.25) is 0 Å². The van der Waals surface area contributed by atoms with E-state index < -0.39 is 0 Å². The fourth-order valence-electron chi connectivity index (χ4n) is 2.39. The van der Waals surface area contributed by atoms with Crippen molar-refractivity contribution in [3.05, 3.63) is 54.3 Å². The van der Waals surface area contributed by atoms with Crippen molar-refractivity contribution in [2.75, 3.05) is 0 Å². The molecule has 3 aromatic rings. The molecule has 0 aliphatic heterocycles. The monoisotopic (exact) mass is 279 g/mol. The highest BCUT2D eigenvalue weighted by Crippen LogP contribution is 2.26. The Kier molecular flexibility index (Phi) is 3.41. The topological polar surface area (TPSA) is 41.6 Å². The first-order valence-corrected chi connectivity index (χ1v) is 6.80. The van der Waals surface area contributed by atoms with Gasteiger partial charge in [0.25, 0.3) is 0 Å². The largest absolute Gasteiger partial charge is 0.323 e. The van der Waals surface area contributed by atoms with Crippen LogP contribution in [0.5, 0.6) is 0 Å². The van der Waals surface area contributed by atoms with Gasteiger partial charge in [-0.25, -0.2) is 9.37 Å². The van der Waals surface area contributed by atoms with Gasteiger partial charge in [0.15, 0.2) is 0 Å². The first-order chi connectivity index (χ1) is 10.2. The van der Waals surface area contributed by atoms with Crippen molar-refractivity contribution in [1.29, 1.82) is 5.26 Å². The van der Waals surface area contributed by atoms with Gasteiger partial charge in [-0.1, -0.05) is 12.1 Å². The molecule has 3 nitrogen and oxygen atoms in total. The molecule has 0 saturated carbocycles. The van der Waals surface area contributed by atoms with Gasteiger partial charge in [0, 0.05) is 12.1 Å². The van der Waals surface area contributed by atoms with Gasteiger partial charge in [-0.15, -0.1) is 0 Å². The molecular weight excluding hydrogens is 265 g/mol. The number of hydrogen-bond acceptors (Lipinski definition) is 2. The van der Waals surface area contributed by atoms with Crippen LogP contribution in [0.1, 0.15) is 6.92 Å². The lowest BCUT2D eigenvalue weighted by molar-refractivity contribution is 0.597. The summed E-state index contributed by atoms with van der Waals surface area (Å²) in [6.07, 6.45) is 0. The van der Waals surface area contributed by atoms with Crippen LogP contribution in [0.3, 0.4) is 0 Å². The number of hydrogen-bond donors (Lipinski definition) is 0. The molecule has 1 aromatic heterocycles. The molecule has 21 heavy (non-hydrogen) atoms. The Bertz CT molecular complexity index is 812. The van der Waals surface area contributed by atoms with Crippen LogP contribution in [0, 0.1) is 23.1 Å². The average Bonchev–Trinajstić information content (AvgIpc) is 2.87. The Labute approximate surface area is 122 Å². The summed E-state index contributed by atoms with van der Waals surface area (Å²) in [6.45, 7) is 2.44. The van der Waals surface area contributed by atoms with E-state index in [1.54, 1.807) is 12.1 Å². The molecule has 0 radical (unpaired) electrons. The lowest BCUT2D eigenvalue weighted by atomic mass is 10.1. The van der Waals surface area contributed by atoms with E-state index in [4.69, 9.17) is 5.26 Å². The Morgan fingerprint density at radius 3 is 2.62 bits per heavy atom. The van der Waals surface area contributed by atoms with Crippen molar-refractivity contribution in [3.63, 3.8) is 0 Å². The predicted molar refractivity (Wildman–Crippen MR) is 79.9 cm³/mol. The molecule has 0 amide bonds. The van der Waals surface area contributed by atoms with Crippen LogP contribution in [-0.2, 0) is 6.54 Å². The second-order valence-electron chi connectivity index (χ2n) is 5.07. The third kappa shape index (κ3) is 2.50. The van der Waals surface area contributed by atoms with Gasteiger partial charge < -0.3 is 4.57 Å². The number of fused-ring (bicyclic) bond motifs is 1. The van der Waals surface area contributed by atoms with E-state index in [-0.39, 0.29) is 11.7 Å². The van der Waals surface area contributed by atoms with Gasteiger partial charge in [-0.05, 0) is 43.3 Å². The van der Waals surface area contributed by atoms with E-state index >= 15 is 0 Å². The van der Waals surface area contributed by atoms with Crippen molar-refractivity contribution < 1.29 is 4.39 Å². The zero-order valence-electron chi connectivity index (χ0n) is 11.6. The van der Waals surface area contributed by atoms with E-state index in [2.05, 4.69) is 11.1 Å². The molecule has 1 unspecified atom stereocenters. The first kappa shape index (κ1) is 13.3. The third-order valence-electron chi connectivity index (χ3n) is 3.43. The Morgan fingerprint density at radius 1 is 1.19 bits per heavy atom. The standard InChI is InChI=1S/C17H14FN3/c1-12(10-19)11-21-16-5-3-2-4-15(16)20-17(21)13-6-8-14(18)9-7-13/h2-9,12H,11H2,1H3. The molecule has 0 N–H and O–H groups in total. The number of benzene rings is 2. The zero-order chi connectivity index (χ0) is 14.8. The second kappa shape index (κ2) is 5.37. The number of nitriles is 1. The van der Waals surface area contributed by atoms with Crippen molar-refractivity contribution in [1.82, 2.24) is 9.55 Å². The number of para-hydroxylation sites is 2. The Morgan fingerprint density at radius 2 is 1.90 bits per heavy atom. The molecule has 4 heteroatoms. The van der Waals surface area contributed by atoms with Crippen LogP contribution in [0.25, 0.3) is 22.4 Å². The molecule has 1 heterocycles. The summed E-state index contributed by atoms with van der Waals surface area (Å²) < 4.78 is 15.1. The van der Waals surface area contributed by atoms with Crippen LogP contribution < -0.4 is 0 Å². The Balaban J connectivity index is 2.19. The molecule has 0 aliphatic carbocycles. The number of nitrogens with zero attached hydrogens (tertiary/aromatic N) is 3. The smallest absolute Gasteiger partial charge is 0.141 e. The summed E-state index contributed by atoms with van der Waals surface area (Å²) in [6, 6.07) is 16.3. The van der Waals surface area contributed by atoms with Crippen molar-refractivity contribution >= 4 is 11.0 Å². The van der Waals surface area contributed by atoms with Crippen molar-refractivity contribution in [2.45, 2.75) is 13.5 Å². The third-order valence-corrected chi connectivity index (χ3v) is 3.43. The van der Waals surface area contributed by atoms with E-state index in [0.717, 1.165) is 22.4 Å². The summed E-state index contributed by atoms with van der Waals surface area (Å²) >= 11 is 0. The van der Waals surface area contributed by atoms with E-state index in [0.29, 0.717) is 6.54 Å². The van der Waals surface area contributed by atoms with E-state index in [1.807, 2.05) is 35.8 Å². The molecule has 3 rings (SSSR count). The summed E-state index contributed by atoms with van der Waals surface area (Å²) in [5.41, 5.74) is 2.71. The molecule has 1 atom stereocenters. The quantitative estimate of drug-likeness (QED) is 0.727. The average molecular weight is 279 g/mol. The molecule has 0 bridgehead atoms. The molecule has 0 fully saturated rings. The summed E-state index contributed by atoms with van der Waals surface area (Å²) in [4.78, 5) is 4.63. The maximum absolute atomic E-state index is 13.1. The van der Waals surface area contributed by atoms with Crippen LogP contribution in [0.2, 0.25) is 0 Å². The van der Waals surface area contributed by atoms with Crippen LogP contribution in [0.4, 0.5) is 4.39 Å². The number of aromatic nitrogens is 2. The normalized spacial score (nSPS) is 12.2. The minimum atomic E-state index is -0.271. The predicted octanol–water partition coefficient (Wildman–Crippen LogP) is 4.00. The van der Waals surface area contributed by atoms with E-state index in [1.165, 1.54) is 12.1 Å².